The van der Waals surface area contributed by atoms with Crippen molar-refractivity contribution in [3.8, 4) is 0 Å². The number of nitrogens with two attached hydrogens (primary N) is 1. The van der Waals surface area contributed by atoms with Gasteiger partial charge in [0.1, 0.15) is 6.04 Å². The van der Waals surface area contributed by atoms with Gasteiger partial charge in [-0.05, 0) is 26.1 Å². The highest BCUT2D eigenvalue weighted by Crippen LogP contribution is 2.06. The number of carboxylic acids is 1. The molecule has 0 heterocycles. The van der Waals surface area contributed by atoms with Crippen LogP contribution in [0.15, 0.2) is 11.9 Å². The summed E-state index contributed by atoms with van der Waals surface area (Å²) in [7, 11) is 1.46. The molecule has 0 spiro atoms. The molecule has 0 saturated carbocycles. The van der Waals surface area contributed by atoms with Crippen molar-refractivity contribution >= 4 is 5.97 Å². The van der Waals surface area contributed by atoms with Gasteiger partial charge in [-0.25, -0.2) is 4.39 Å². The molecule has 0 amide bonds. The highest BCUT2D eigenvalue weighted by Gasteiger charge is 2.12. The third-order valence-electron chi connectivity index (χ3n) is 1.54. The zero-order chi connectivity index (χ0) is 10.3. The number of rotatable bonds is 6. The van der Waals surface area contributed by atoms with Crippen molar-refractivity contribution in [2.45, 2.75) is 18.9 Å². The minimum Gasteiger partial charge on any atom is -0.480 e. The Morgan fingerprint density at radius 1 is 1.77 bits per heavy atom. The molecule has 0 aromatic carbocycles. The SMILES string of the molecule is CN[C@@H](C=C(F)CCCN)C(=O)O. The Bertz CT molecular complexity index is 195. The van der Waals surface area contributed by atoms with Gasteiger partial charge in [0.2, 0.25) is 0 Å². The van der Waals surface area contributed by atoms with Crippen molar-refractivity contribution in [3.63, 3.8) is 0 Å². The molecule has 0 bridgehead atoms. The second-order valence-electron chi connectivity index (χ2n) is 2.61. The fourth-order valence-corrected chi connectivity index (χ4v) is 0.813. The lowest BCUT2D eigenvalue weighted by Crippen LogP contribution is -2.31. The third kappa shape index (κ3) is 5.32. The molecule has 0 aliphatic heterocycles. The molecule has 0 aliphatic rings. The summed E-state index contributed by atoms with van der Waals surface area (Å²) in [5.74, 6) is -1.53. The molecule has 0 unspecified atom stereocenters. The van der Waals surface area contributed by atoms with E-state index < -0.39 is 17.8 Å². The van der Waals surface area contributed by atoms with E-state index in [1.807, 2.05) is 0 Å². The number of allylic oxidation sites excluding steroid dienone is 1. The van der Waals surface area contributed by atoms with Crippen LogP contribution in [0, 0.1) is 0 Å². The topological polar surface area (TPSA) is 75.3 Å². The quantitative estimate of drug-likeness (QED) is 0.561. The van der Waals surface area contributed by atoms with Crippen LogP contribution in [0.2, 0.25) is 0 Å². The molecule has 4 N–H and O–H groups in total. The molecule has 0 saturated heterocycles. The first kappa shape index (κ1) is 12.1. The van der Waals surface area contributed by atoms with Gasteiger partial charge in [-0.1, -0.05) is 0 Å². The predicted molar refractivity (Wildman–Crippen MR) is 48.0 cm³/mol. The second-order valence-corrected chi connectivity index (χ2v) is 2.61. The van der Waals surface area contributed by atoms with Crippen LogP contribution >= 0.6 is 0 Å². The van der Waals surface area contributed by atoms with Gasteiger partial charge in [-0.3, -0.25) is 4.79 Å². The van der Waals surface area contributed by atoms with Gasteiger partial charge < -0.3 is 16.2 Å². The first-order valence-corrected chi connectivity index (χ1v) is 4.08. The summed E-state index contributed by atoms with van der Waals surface area (Å²) in [6.07, 6.45) is 1.78. The van der Waals surface area contributed by atoms with E-state index in [4.69, 9.17) is 10.8 Å². The van der Waals surface area contributed by atoms with Crippen molar-refractivity contribution in [2.75, 3.05) is 13.6 Å². The molecule has 0 aromatic heterocycles. The van der Waals surface area contributed by atoms with Gasteiger partial charge in [0.25, 0.3) is 0 Å². The Hall–Kier alpha value is -0.940. The summed E-state index contributed by atoms with van der Waals surface area (Å²) in [6.45, 7) is 0.401. The van der Waals surface area contributed by atoms with Crippen LogP contribution in [0.1, 0.15) is 12.8 Å². The van der Waals surface area contributed by atoms with E-state index >= 15 is 0 Å². The molecule has 5 heteroatoms. The average molecular weight is 190 g/mol. The minimum absolute atomic E-state index is 0.196. The molecule has 13 heavy (non-hydrogen) atoms. The zero-order valence-electron chi connectivity index (χ0n) is 7.59. The lowest BCUT2D eigenvalue weighted by Gasteiger charge is -2.05. The highest BCUT2D eigenvalue weighted by atomic mass is 19.1. The molecule has 0 radical (unpaired) electrons. The maximum Gasteiger partial charge on any atom is 0.324 e. The van der Waals surface area contributed by atoms with Crippen molar-refractivity contribution in [3.05, 3.63) is 11.9 Å². The van der Waals surface area contributed by atoms with E-state index in [0.29, 0.717) is 13.0 Å². The molecule has 0 aromatic rings. The first-order valence-electron chi connectivity index (χ1n) is 4.08. The van der Waals surface area contributed by atoms with Gasteiger partial charge in [-0.15, -0.1) is 0 Å². The van der Waals surface area contributed by atoms with Crippen LogP contribution in [0.5, 0.6) is 0 Å². The molecular weight excluding hydrogens is 175 g/mol. The summed E-state index contributed by atoms with van der Waals surface area (Å²) >= 11 is 0. The van der Waals surface area contributed by atoms with Gasteiger partial charge in [0.05, 0.1) is 5.83 Å². The van der Waals surface area contributed by atoms with Gasteiger partial charge in [0, 0.05) is 6.42 Å². The van der Waals surface area contributed by atoms with Crippen LogP contribution in [0.25, 0.3) is 0 Å². The van der Waals surface area contributed by atoms with E-state index in [9.17, 15) is 9.18 Å². The number of nitrogens with one attached hydrogen (secondary N) is 1. The predicted octanol–water partition coefficient (Wildman–Crippen LogP) is 0.251. The highest BCUT2D eigenvalue weighted by molar-refractivity contribution is 5.75. The van der Waals surface area contributed by atoms with Crippen molar-refractivity contribution in [2.24, 2.45) is 5.73 Å². The normalized spacial score (nSPS) is 14.2. The lowest BCUT2D eigenvalue weighted by molar-refractivity contribution is -0.138. The number of hydrogen-bond acceptors (Lipinski definition) is 3. The maximum atomic E-state index is 12.9. The Balaban J connectivity index is 4.08. The zero-order valence-corrected chi connectivity index (χ0v) is 7.59. The molecule has 4 nitrogen and oxygen atoms in total. The number of halogens is 1. The van der Waals surface area contributed by atoms with E-state index in [-0.39, 0.29) is 6.42 Å². The van der Waals surface area contributed by atoms with E-state index in [0.717, 1.165) is 6.08 Å². The smallest absolute Gasteiger partial charge is 0.324 e. The van der Waals surface area contributed by atoms with Crippen molar-refractivity contribution in [1.29, 1.82) is 0 Å². The van der Waals surface area contributed by atoms with Crippen molar-refractivity contribution < 1.29 is 14.3 Å². The van der Waals surface area contributed by atoms with Gasteiger partial charge in [0.15, 0.2) is 0 Å². The fourth-order valence-electron chi connectivity index (χ4n) is 0.813. The van der Waals surface area contributed by atoms with Crippen LogP contribution in [-0.4, -0.2) is 30.7 Å². The molecule has 0 fully saturated rings. The minimum atomic E-state index is -1.09. The molecule has 0 aliphatic carbocycles. The molecule has 0 rings (SSSR count). The van der Waals surface area contributed by atoms with E-state index in [1.54, 1.807) is 0 Å². The van der Waals surface area contributed by atoms with Crippen LogP contribution in [0.3, 0.4) is 0 Å². The van der Waals surface area contributed by atoms with Gasteiger partial charge in [-0.2, -0.15) is 0 Å². The second kappa shape index (κ2) is 6.56. The summed E-state index contributed by atoms with van der Waals surface area (Å²) in [5, 5.41) is 11.0. The van der Waals surface area contributed by atoms with Crippen LogP contribution < -0.4 is 11.1 Å². The Labute approximate surface area is 76.6 Å². The number of aliphatic carboxylic acids is 1. The lowest BCUT2D eigenvalue weighted by atomic mass is 10.2. The Morgan fingerprint density at radius 2 is 2.38 bits per heavy atom. The number of carboxylic acid groups (broad SMARTS) is 1. The number of carbonyl (C=O) groups is 1. The van der Waals surface area contributed by atoms with Crippen LogP contribution in [-0.2, 0) is 4.79 Å². The fraction of sp³-hybridized carbons (Fsp3) is 0.625. The monoisotopic (exact) mass is 190 g/mol. The number of likely N-dealkylation sites (N-methyl/N-ethyl adjacent to an activating group) is 1. The summed E-state index contributed by atoms with van der Waals surface area (Å²) < 4.78 is 12.9. The molecule has 76 valence electrons. The Morgan fingerprint density at radius 3 is 2.77 bits per heavy atom. The number of hydrogen-bond donors (Lipinski definition) is 3. The van der Waals surface area contributed by atoms with Crippen LogP contribution in [0.4, 0.5) is 4.39 Å². The maximum absolute atomic E-state index is 12.9. The standard InChI is InChI=1S/C8H15FN2O2/c1-11-7(8(12)13)5-6(9)3-2-4-10/h5,7,11H,2-4,10H2,1H3,(H,12,13)/t7-/m0/s1. The third-order valence-corrected chi connectivity index (χ3v) is 1.54. The molecular formula is C8H15FN2O2. The molecule has 1 atom stereocenters. The largest absolute Gasteiger partial charge is 0.480 e. The summed E-state index contributed by atoms with van der Waals surface area (Å²) in [5.41, 5.74) is 5.17. The average Bonchev–Trinajstić information content (AvgIpc) is 2.10. The Kier molecular flexibility index (Phi) is 6.09. The summed E-state index contributed by atoms with van der Waals surface area (Å²) in [4.78, 5) is 10.4. The summed E-state index contributed by atoms with van der Waals surface area (Å²) in [6, 6.07) is -0.960. The van der Waals surface area contributed by atoms with Crippen molar-refractivity contribution in [1.82, 2.24) is 5.32 Å². The van der Waals surface area contributed by atoms with E-state index in [1.165, 1.54) is 7.05 Å². The van der Waals surface area contributed by atoms with E-state index in [2.05, 4.69) is 5.32 Å². The van der Waals surface area contributed by atoms with Gasteiger partial charge >= 0.3 is 5.97 Å². The first-order chi connectivity index (χ1) is 6.11.